The summed E-state index contributed by atoms with van der Waals surface area (Å²) in [6.45, 7) is 7.80. The molecule has 0 radical (unpaired) electrons. The molecule has 1 N–H and O–H groups in total. The van der Waals surface area contributed by atoms with Gasteiger partial charge < -0.3 is 15.0 Å². The minimum absolute atomic E-state index is 0.716. The Kier molecular flexibility index (Phi) is 5.80. The van der Waals surface area contributed by atoms with Gasteiger partial charge in [-0.15, -0.1) is 0 Å². The number of nitrogens with one attached hydrogen (secondary N) is 1. The van der Waals surface area contributed by atoms with Crippen LogP contribution in [0.15, 0.2) is 12.1 Å². The molecule has 0 aromatic carbocycles. The normalized spacial score (nSPS) is 14.8. The van der Waals surface area contributed by atoms with Gasteiger partial charge in [-0.2, -0.15) is 0 Å². The molecule has 0 aliphatic heterocycles. The first-order valence-electron chi connectivity index (χ1n) is 7.76. The first kappa shape index (κ1) is 15.3. The molecule has 1 saturated carbocycles. The zero-order valence-corrected chi connectivity index (χ0v) is 13.0. The molecule has 1 fully saturated rings. The maximum absolute atomic E-state index is 5.84. The van der Waals surface area contributed by atoms with Crippen LogP contribution in [-0.2, 0) is 13.0 Å². The van der Waals surface area contributed by atoms with E-state index in [1.807, 2.05) is 0 Å². The first-order valence-corrected chi connectivity index (χ1v) is 7.76. The van der Waals surface area contributed by atoms with E-state index in [1.165, 1.54) is 18.4 Å². The molecule has 1 aromatic heterocycles. The highest BCUT2D eigenvalue weighted by atomic mass is 16.5. The molecule has 0 spiro atoms. The summed E-state index contributed by atoms with van der Waals surface area (Å²) in [7, 11) is 2.17. The van der Waals surface area contributed by atoms with Crippen molar-refractivity contribution in [3.63, 3.8) is 0 Å². The lowest BCUT2D eigenvalue weighted by Crippen LogP contribution is -2.26. The number of pyridine rings is 1. The maximum Gasteiger partial charge on any atom is 0.213 e. The molecule has 0 amide bonds. The van der Waals surface area contributed by atoms with Gasteiger partial charge in [-0.05, 0) is 44.5 Å². The molecule has 1 heterocycles. The molecule has 1 aliphatic carbocycles. The number of ether oxygens (including phenoxy) is 1. The second kappa shape index (κ2) is 7.60. The smallest absolute Gasteiger partial charge is 0.213 e. The molecule has 4 nitrogen and oxygen atoms in total. The number of aromatic nitrogens is 1. The van der Waals surface area contributed by atoms with Crippen molar-refractivity contribution < 1.29 is 4.74 Å². The van der Waals surface area contributed by atoms with Crippen molar-refractivity contribution in [2.45, 2.75) is 45.7 Å². The van der Waals surface area contributed by atoms with Crippen LogP contribution in [0.25, 0.3) is 0 Å². The number of aryl methyl sites for hydroxylation is 1. The van der Waals surface area contributed by atoms with Gasteiger partial charge in [0.1, 0.15) is 6.61 Å². The third-order valence-corrected chi connectivity index (χ3v) is 3.72. The van der Waals surface area contributed by atoms with Crippen LogP contribution in [0.5, 0.6) is 5.88 Å². The SMILES string of the molecule is CCNCc1cc(CC)nc(OCCN(C)C2CC2)c1. The maximum atomic E-state index is 5.84. The average Bonchev–Trinajstić information content (AvgIpc) is 3.29. The summed E-state index contributed by atoms with van der Waals surface area (Å²) >= 11 is 0. The summed E-state index contributed by atoms with van der Waals surface area (Å²) in [6.07, 6.45) is 3.62. The number of rotatable bonds is 9. The monoisotopic (exact) mass is 277 g/mol. The fraction of sp³-hybridized carbons (Fsp3) is 0.688. The first-order chi connectivity index (χ1) is 9.72. The van der Waals surface area contributed by atoms with E-state index in [2.05, 4.69) is 48.2 Å². The lowest BCUT2D eigenvalue weighted by atomic mass is 10.2. The molecule has 0 unspecified atom stereocenters. The van der Waals surface area contributed by atoms with Crippen molar-refractivity contribution in [3.05, 3.63) is 23.4 Å². The van der Waals surface area contributed by atoms with Crippen LogP contribution in [0.3, 0.4) is 0 Å². The Morgan fingerprint density at radius 2 is 2.15 bits per heavy atom. The number of likely N-dealkylation sites (N-methyl/N-ethyl adjacent to an activating group) is 1. The van der Waals surface area contributed by atoms with Crippen LogP contribution in [-0.4, -0.2) is 42.7 Å². The van der Waals surface area contributed by atoms with E-state index in [0.717, 1.165) is 43.7 Å². The molecule has 4 heteroatoms. The topological polar surface area (TPSA) is 37.4 Å². The van der Waals surface area contributed by atoms with Crippen LogP contribution in [0.1, 0.15) is 37.9 Å². The van der Waals surface area contributed by atoms with Crippen LogP contribution < -0.4 is 10.1 Å². The van der Waals surface area contributed by atoms with Gasteiger partial charge in [-0.3, -0.25) is 0 Å². The molecule has 0 atom stereocenters. The zero-order valence-electron chi connectivity index (χ0n) is 13.0. The number of hydrogen-bond acceptors (Lipinski definition) is 4. The summed E-state index contributed by atoms with van der Waals surface area (Å²) < 4.78 is 5.84. The molecule has 0 saturated heterocycles. The van der Waals surface area contributed by atoms with E-state index in [4.69, 9.17) is 4.74 Å². The highest BCUT2D eigenvalue weighted by Crippen LogP contribution is 2.24. The Labute approximate surface area is 122 Å². The van der Waals surface area contributed by atoms with E-state index in [1.54, 1.807) is 0 Å². The zero-order chi connectivity index (χ0) is 14.4. The van der Waals surface area contributed by atoms with Gasteiger partial charge in [0.15, 0.2) is 0 Å². The molecule has 112 valence electrons. The molecule has 1 aromatic rings. The van der Waals surface area contributed by atoms with Crippen molar-refractivity contribution in [2.24, 2.45) is 0 Å². The molecule has 20 heavy (non-hydrogen) atoms. The molecule has 0 bridgehead atoms. The average molecular weight is 277 g/mol. The van der Waals surface area contributed by atoms with Gasteiger partial charge in [-0.25, -0.2) is 4.98 Å². The van der Waals surface area contributed by atoms with E-state index >= 15 is 0 Å². The van der Waals surface area contributed by atoms with Gasteiger partial charge in [0, 0.05) is 30.9 Å². The standard InChI is InChI=1S/C16H27N3O/c1-4-14-10-13(12-17-5-2)11-16(18-14)20-9-8-19(3)15-6-7-15/h10-11,15,17H,4-9,12H2,1-3H3. The Hall–Kier alpha value is -1.13. The van der Waals surface area contributed by atoms with Gasteiger partial charge in [0.25, 0.3) is 0 Å². The Balaban J connectivity index is 1.87. The lowest BCUT2D eigenvalue weighted by Gasteiger charge is -2.16. The minimum Gasteiger partial charge on any atom is -0.476 e. The van der Waals surface area contributed by atoms with Crippen molar-refractivity contribution in [1.29, 1.82) is 0 Å². The predicted molar refractivity (Wildman–Crippen MR) is 82.1 cm³/mol. The van der Waals surface area contributed by atoms with E-state index < -0.39 is 0 Å². The molecular weight excluding hydrogens is 250 g/mol. The summed E-state index contributed by atoms with van der Waals surface area (Å²) in [5.41, 5.74) is 2.36. The third kappa shape index (κ3) is 4.76. The quantitative estimate of drug-likeness (QED) is 0.751. The molecule has 1 aliphatic rings. The van der Waals surface area contributed by atoms with Crippen molar-refractivity contribution in [1.82, 2.24) is 15.2 Å². The summed E-state index contributed by atoms with van der Waals surface area (Å²) in [4.78, 5) is 6.93. The van der Waals surface area contributed by atoms with Gasteiger partial charge >= 0.3 is 0 Å². The van der Waals surface area contributed by atoms with Gasteiger partial charge in [0.05, 0.1) is 0 Å². The predicted octanol–water partition coefficient (Wildman–Crippen LogP) is 2.23. The molecular formula is C16H27N3O. The fourth-order valence-corrected chi connectivity index (χ4v) is 2.24. The van der Waals surface area contributed by atoms with Crippen molar-refractivity contribution >= 4 is 0 Å². The van der Waals surface area contributed by atoms with Crippen LogP contribution in [0, 0.1) is 0 Å². The molecule has 2 rings (SSSR count). The largest absolute Gasteiger partial charge is 0.476 e. The fourth-order valence-electron chi connectivity index (χ4n) is 2.24. The highest BCUT2D eigenvalue weighted by Gasteiger charge is 2.25. The minimum atomic E-state index is 0.716. The summed E-state index contributed by atoms with van der Waals surface area (Å²) in [5, 5.41) is 3.35. The van der Waals surface area contributed by atoms with Crippen LogP contribution >= 0.6 is 0 Å². The van der Waals surface area contributed by atoms with Crippen LogP contribution in [0.2, 0.25) is 0 Å². The van der Waals surface area contributed by atoms with Crippen LogP contribution in [0.4, 0.5) is 0 Å². The Bertz CT molecular complexity index is 418. The Morgan fingerprint density at radius 1 is 1.35 bits per heavy atom. The van der Waals surface area contributed by atoms with Crippen molar-refractivity contribution in [3.8, 4) is 5.88 Å². The highest BCUT2D eigenvalue weighted by molar-refractivity contribution is 5.25. The second-order valence-electron chi connectivity index (χ2n) is 5.50. The number of hydrogen-bond donors (Lipinski definition) is 1. The van der Waals surface area contributed by atoms with Gasteiger partial charge in [-0.1, -0.05) is 13.8 Å². The lowest BCUT2D eigenvalue weighted by molar-refractivity contribution is 0.226. The van der Waals surface area contributed by atoms with E-state index in [0.29, 0.717) is 6.61 Å². The van der Waals surface area contributed by atoms with Crippen molar-refractivity contribution in [2.75, 3.05) is 26.7 Å². The van der Waals surface area contributed by atoms with E-state index in [9.17, 15) is 0 Å². The third-order valence-electron chi connectivity index (χ3n) is 3.72. The van der Waals surface area contributed by atoms with Gasteiger partial charge in [0.2, 0.25) is 5.88 Å². The summed E-state index contributed by atoms with van der Waals surface area (Å²) in [5.74, 6) is 0.765. The number of nitrogens with zero attached hydrogens (tertiary/aromatic N) is 2. The second-order valence-corrected chi connectivity index (χ2v) is 5.50. The van der Waals surface area contributed by atoms with E-state index in [-0.39, 0.29) is 0 Å². The summed E-state index contributed by atoms with van der Waals surface area (Å²) in [6, 6.07) is 5.00. The Morgan fingerprint density at radius 3 is 2.80 bits per heavy atom.